The van der Waals surface area contributed by atoms with E-state index >= 15 is 0 Å². The van der Waals surface area contributed by atoms with Crippen LogP contribution in [0.4, 0.5) is 4.39 Å². The summed E-state index contributed by atoms with van der Waals surface area (Å²) >= 11 is 0. The molecule has 19 heavy (non-hydrogen) atoms. The molecule has 0 amide bonds. The first-order valence-corrected chi connectivity index (χ1v) is 5.48. The number of pyridine rings is 1. The van der Waals surface area contributed by atoms with E-state index in [4.69, 9.17) is 15.7 Å². The zero-order valence-corrected chi connectivity index (χ0v) is 10.2. The van der Waals surface area contributed by atoms with Crippen LogP contribution in [0.1, 0.15) is 11.3 Å². The van der Waals surface area contributed by atoms with Crippen LogP contribution in [0.25, 0.3) is 0 Å². The van der Waals surface area contributed by atoms with E-state index in [1.807, 2.05) is 0 Å². The van der Waals surface area contributed by atoms with Crippen molar-refractivity contribution in [3.8, 4) is 11.5 Å². The molecular formula is C13H12FN3O2. The molecule has 0 fully saturated rings. The smallest absolute Gasteiger partial charge is 0.192 e. The number of hydrogen-bond acceptors (Lipinski definition) is 4. The molecule has 0 saturated carbocycles. The van der Waals surface area contributed by atoms with Gasteiger partial charge in [-0.3, -0.25) is 0 Å². The minimum Gasteiger partial charge on any atom is -0.455 e. The standard InChI is InChI=1S/C13H12FN3O2/c1-8-4-5-9(7-10(8)14)19-11-3-2-6-16-12(11)13(15)17-18/h2-7,18H,1H3,(H2,15,17). The molecule has 0 unspecified atom stereocenters. The third kappa shape index (κ3) is 2.79. The van der Waals surface area contributed by atoms with Crippen molar-refractivity contribution >= 4 is 5.84 Å². The predicted molar refractivity (Wildman–Crippen MR) is 68.0 cm³/mol. The molecule has 1 aromatic heterocycles. The van der Waals surface area contributed by atoms with Gasteiger partial charge in [0, 0.05) is 12.3 Å². The average Bonchev–Trinajstić information content (AvgIpc) is 2.43. The van der Waals surface area contributed by atoms with Crippen LogP contribution in [0, 0.1) is 12.7 Å². The molecule has 5 nitrogen and oxygen atoms in total. The Morgan fingerprint density at radius 2 is 2.21 bits per heavy atom. The lowest BCUT2D eigenvalue weighted by atomic mass is 10.2. The Kier molecular flexibility index (Phi) is 3.61. The van der Waals surface area contributed by atoms with Crippen LogP contribution in [-0.2, 0) is 0 Å². The van der Waals surface area contributed by atoms with Crippen molar-refractivity contribution in [2.24, 2.45) is 10.9 Å². The van der Waals surface area contributed by atoms with E-state index < -0.39 is 0 Å². The zero-order valence-electron chi connectivity index (χ0n) is 10.2. The third-order valence-corrected chi connectivity index (χ3v) is 2.49. The van der Waals surface area contributed by atoms with E-state index in [2.05, 4.69) is 10.1 Å². The Morgan fingerprint density at radius 3 is 2.89 bits per heavy atom. The molecule has 0 saturated heterocycles. The molecule has 0 atom stereocenters. The lowest BCUT2D eigenvalue weighted by molar-refractivity contribution is 0.318. The van der Waals surface area contributed by atoms with Gasteiger partial charge in [-0.25, -0.2) is 9.37 Å². The van der Waals surface area contributed by atoms with Crippen molar-refractivity contribution in [3.05, 3.63) is 53.6 Å². The summed E-state index contributed by atoms with van der Waals surface area (Å²) in [6.45, 7) is 1.66. The minimum atomic E-state index is -0.369. The molecule has 0 bridgehead atoms. The van der Waals surface area contributed by atoms with Crippen LogP contribution in [-0.4, -0.2) is 16.0 Å². The quantitative estimate of drug-likeness (QED) is 0.385. The van der Waals surface area contributed by atoms with E-state index in [-0.39, 0.29) is 23.1 Å². The fourth-order valence-electron chi connectivity index (χ4n) is 1.48. The van der Waals surface area contributed by atoms with Gasteiger partial charge in [0.15, 0.2) is 17.3 Å². The molecule has 3 N–H and O–H groups in total. The number of amidine groups is 1. The van der Waals surface area contributed by atoms with Gasteiger partial charge in [0.25, 0.3) is 0 Å². The lowest BCUT2D eigenvalue weighted by Gasteiger charge is -2.09. The van der Waals surface area contributed by atoms with Crippen molar-refractivity contribution in [3.63, 3.8) is 0 Å². The highest BCUT2D eigenvalue weighted by Gasteiger charge is 2.11. The highest BCUT2D eigenvalue weighted by molar-refractivity contribution is 5.97. The molecule has 1 heterocycles. The number of halogens is 1. The molecule has 0 radical (unpaired) electrons. The van der Waals surface area contributed by atoms with Crippen LogP contribution < -0.4 is 10.5 Å². The molecule has 98 valence electrons. The van der Waals surface area contributed by atoms with Crippen molar-refractivity contribution < 1.29 is 14.3 Å². The van der Waals surface area contributed by atoms with Gasteiger partial charge in [-0.15, -0.1) is 0 Å². The fourth-order valence-corrected chi connectivity index (χ4v) is 1.48. The van der Waals surface area contributed by atoms with E-state index in [9.17, 15) is 4.39 Å². The van der Waals surface area contributed by atoms with E-state index in [1.165, 1.54) is 12.3 Å². The molecule has 6 heteroatoms. The summed E-state index contributed by atoms with van der Waals surface area (Å²) in [5.41, 5.74) is 6.20. The van der Waals surface area contributed by atoms with E-state index in [0.717, 1.165) is 0 Å². The second-order valence-electron chi connectivity index (χ2n) is 3.85. The number of ether oxygens (including phenoxy) is 1. The minimum absolute atomic E-state index is 0.178. The Morgan fingerprint density at radius 1 is 1.42 bits per heavy atom. The van der Waals surface area contributed by atoms with Crippen molar-refractivity contribution in [1.82, 2.24) is 4.98 Å². The number of rotatable bonds is 3. The van der Waals surface area contributed by atoms with Gasteiger partial charge in [0.05, 0.1) is 0 Å². The maximum Gasteiger partial charge on any atom is 0.192 e. The maximum absolute atomic E-state index is 13.4. The summed E-state index contributed by atoms with van der Waals surface area (Å²) in [6, 6.07) is 7.72. The summed E-state index contributed by atoms with van der Waals surface area (Å²) in [4.78, 5) is 3.95. The van der Waals surface area contributed by atoms with Gasteiger partial charge in [-0.1, -0.05) is 11.2 Å². The number of hydrogen-bond donors (Lipinski definition) is 2. The highest BCUT2D eigenvalue weighted by atomic mass is 19.1. The molecule has 0 spiro atoms. The van der Waals surface area contributed by atoms with Crippen LogP contribution in [0.15, 0.2) is 41.7 Å². The van der Waals surface area contributed by atoms with Gasteiger partial charge in [-0.2, -0.15) is 0 Å². The number of oxime groups is 1. The normalized spacial score (nSPS) is 11.4. The molecule has 1 aromatic carbocycles. The number of nitrogens with zero attached hydrogens (tertiary/aromatic N) is 2. The zero-order chi connectivity index (χ0) is 13.8. The van der Waals surface area contributed by atoms with Crippen molar-refractivity contribution in [1.29, 1.82) is 0 Å². The Balaban J connectivity index is 2.35. The van der Waals surface area contributed by atoms with Gasteiger partial charge in [0.1, 0.15) is 11.6 Å². The Bertz CT molecular complexity index is 629. The molecule has 2 rings (SSSR count). The van der Waals surface area contributed by atoms with E-state index in [0.29, 0.717) is 11.3 Å². The number of benzene rings is 1. The second-order valence-corrected chi connectivity index (χ2v) is 3.85. The van der Waals surface area contributed by atoms with Crippen LogP contribution >= 0.6 is 0 Å². The first kappa shape index (κ1) is 12.8. The first-order valence-electron chi connectivity index (χ1n) is 5.48. The van der Waals surface area contributed by atoms with Gasteiger partial charge in [-0.05, 0) is 30.7 Å². The van der Waals surface area contributed by atoms with Crippen molar-refractivity contribution in [2.45, 2.75) is 6.92 Å². The Hall–Kier alpha value is -2.63. The van der Waals surface area contributed by atoms with E-state index in [1.54, 1.807) is 31.2 Å². The number of nitrogens with two attached hydrogens (primary N) is 1. The Labute approximate surface area is 109 Å². The third-order valence-electron chi connectivity index (χ3n) is 2.49. The lowest BCUT2D eigenvalue weighted by Crippen LogP contribution is -2.15. The predicted octanol–water partition coefficient (Wildman–Crippen LogP) is 2.42. The monoisotopic (exact) mass is 261 g/mol. The summed E-state index contributed by atoms with van der Waals surface area (Å²) < 4.78 is 18.9. The van der Waals surface area contributed by atoms with Gasteiger partial charge < -0.3 is 15.7 Å². The van der Waals surface area contributed by atoms with Gasteiger partial charge >= 0.3 is 0 Å². The second kappa shape index (κ2) is 5.34. The fraction of sp³-hybridized carbons (Fsp3) is 0.0769. The molecular weight excluding hydrogens is 249 g/mol. The summed E-state index contributed by atoms with van der Waals surface area (Å²) in [7, 11) is 0. The SMILES string of the molecule is Cc1ccc(Oc2cccnc2/C(N)=N/O)cc1F. The summed E-state index contributed by atoms with van der Waals surface area (Å²) in [6.07, 6.45) is 1.48. The molecule has 0 aliphatic heterocycles. The van der Waals surface area contributed by atoms with Crippen LogP contribution in [0.5, 0.6) is 11.5 Å². The van der Waals surface area contributed by atoms with Crippen molar-refractivity contribution in [2.75, 3.05) is 0 Å². The molecule has 2 aromatic rings. The molecule has 0 aliphatic rings. The summed E-state index contributed by atoms with van der Waals surface area (Å²) in [5, 5.41) is 11.5. The number of aromatic nitrogens is 1. The van der Waals surface area contributed by atoms with Crippen LogP contribution in [0.2, 0.25) is 0 Å². The molecule has 0 aliphatic carbocycles. The van der Waals surface area contributed by atoms with Crippen LogP contribution in [0.3, 0.4) is 0 Å². The summed E-state index contributed by atoms with van der Waals surface area (Å²) in [5.74, 6) is 0.0408. The first-order chi connectivity index (χ1) is 9.11. The largest absolute Gasteiger partial charge is 0.455 e. The number of aryl methyl sites for hydroxylation is 1. The highest BCUT2D eigenvalue weighted by Crippen LogP contribution is 2.25. The topological polar surface area (TPSA) is 80.7 Å². The van der Waals surface area contributed by atoms with Gasteiger partial charge in [0.2, 0.25) is 0 Å². The maximum atomic E-state index is 13.4. The average molecular weight is 261 g/mol.